The summed E-state index contributed by atoms with van der Waals surface area (Å²) in [4.78, 5) is 11.5. The topological polar surface area (TPSA) is 72.5 Å². The van der Waals surface area contributed by atoms with Gasteiger partial charge in [-0.15, -0.1) is 0 Å². The van der Waals surface area contributed by atoms with E-state index in [9.17, 15) is 9.90 Å². The van der Waals surface area contributed by atoms with Gasteiger partial charge in [0.05, 0.1) is 7.11 Å². The Labute approximate surface area is 100 Å². The Morgan fingerprint density at radius 1 is 1.47 bits per heavy atom. The molecule has 4 nitrogen and oxygen atoms in total. The molecule has 0 radical (unpaired) electrons. The summed E-state index contributed by atoms with van der Waals surface area (Å²) in [7, 11) is 1.29. The lowest BCUT2D eigenvalue weighted by Gasteiger charge is -2.07. The third-order valence-corrected chi connectivity index (χ3v) is 3.70. The Kier molecular flexibility index (Phi) is 2.62. The van der Waals surface area contributed by atoms with E-state index < -0.39 is 5.97 Å². The monoisotopic (exact) mass is 235 g/mol. The van der Waals surface area contributed by atoms with Crippen LogP contribution in [-0.4, -0.2) is 24.2 Å². The van der Waals surface area contributed by atoms with E-state index in [1.165, 1.54) is 13.2 Å². The molecule has 1 aromatic carbocycles. The third kappa shape index (κ3) is 1.78. The van der Waals surface area contributed by atoms with Crippen molar-refractivity contribution in [3.63, 3.8) is 0 Å². The van der Waals surface area contributed by atoms with Crippen molar-refractivity contribution >= 4 is 5.97 Å². The summed E-state index contributed by atoms with van der Waals surface area (Å²) < 4.78 is 4.62. The first-order valence-corrected chi connectivity index (χ1v) is 5.56. The highest BCUT2D eigenvalue weighted by Gasteiger charge is 2.56. The smallest absolute Gasteiger partial charge is 0.341 e. The van der Waals surface area contributed by atoms with Gasteiger partial charge in [0.2, 0.25) is 0 Å². The number of esters is 1. The van der Waals surface area contributed by atoms with E-state index in [0.717, 1.165) is 5.56 Å². The van der Waals surface area contributed by atoms with Gasteiger partial charge in [0.15, 0.2) is 0 Å². The number of hydrogen-bond acceptors (Lipinski definition) is 4. The first-order chi connectivity index (χ1) is 7.89. The molecule has 1 aromatic rings. The van der Waals surface area contributed by atoms with Crippen LogP contribution in [0.5, 0.6) is 5.75 Å². The van der Waals surface area contributed by atoms with E-state index in [4.69, 9.17) is 5.73 Å². The molecule has 0 aliphatic heterocycles. The Hall–Kier alpha value is -1.55. The van der Waals surface area contributed by atoms with Crippen molar-refractivity contribution < 1.29 is 14.6 Å². The fraction of sp³-hybridized carbons (Fsp3) is 0.462. The summed E-state index contributed by atoms with van der Waals surface area (Å²) in [6, 6.07) is 5.09. The van der Waals surface area contributed by atoms with E-state index in [1.54, 1.807) is 12.1 Å². The van der Waals surface area contributed by atoms with Gasteiger partial charge in [0.25, 0.3) is 0 Å². The summed E-state index contributed by atoms with van der Waals surface area (Å²) >= 11 is 0. The van der Waals surface area contributed by atoms with Crippen molar-refractivity contribution in [3.05, 3.63) is 29.3 Å². The maximum absolute atomic E-state index is 11.5. The van der Waals surface area contributed by atoms with Crippen molar-refractivity contribution in [3.8, 4) is 5.75 Å². The van der Waals surface area contributed by atoms with Gasteiger partial charge in [-0.05, 0) is 23.1 Å². The van der Waals surface area contributed by atoms with Crippen molar-refractivity contribution in [1.29, 1.82) is 0 Å². The molecule has 0 unspecified atom stereocenters. The second-order valence-electron chi connectivity index (χ2n) is 5.09. The predicted octanol–water partition coefficient (Wildman–Crippen LogP) is 1.63. The van der Waals surface area contributed by atoms with Gasteiger partial charge in [-0.25, -0.2) is 4.79 Å². The molecule has 0 spiro atoms. The van der Waals surface area contributed by atoms with Crippen LogP contribution in [0.1, 0.15) is 35.7 Å². The van der Waals surface area contributed by atoms with Crippen LogP contribution in [0, 0.1) is 5.41 Å². The van der Waals surface area contributed by atoms with Crippen molar-refractivity contribution in [2.45, 2.75) is 25.8 Å². The first kappa shape index (κ1) is 11.9. The number of ether oxygens (including phenoxy) is 1. The number of carbonyl (C=O) groups excluding carboxylic acids is 1. The number of benzene rings is 1. The highest BCUT2D eigenvalue weighted by atomic mass is 16.5. The molecule has 0 aromatic heterocycles. The number of methoxy groups -OCH3 is 1. The molecule has 2 rings (SSSR count). The number of nitrogens with two attached hydrogens (primary N) is 1. The fourth-order valence-electron chi connectivity index (χ4n) is 2.34. The van der Waals surface area contributed by atoms with Gasteiger partial charge < -0.3 is 15.6 Å². The molecule has 0 saturated heterocycles. The Morgan fingerprint density at radius 3 is 2.53 bits per heavy atom. The van der Waals surface area contributed by atoms with E-state index in [-0.39, 0.29) is 28.7 Å². The third-order valence-electron chi connectivity index (χ3n) is 3.70. The molecule has 3 N–H and O–H groups in total. The van der Waals surface area contributed by atoms with Crippen LogP contribution in [0.2, 0.25) is 0 Å². The Bertz CT molecular complexity index is 468. The molecule has 1 aliphatic carbocycles. The number of carbonyl (C=O) groups is 1. The minimum absolute atomic E-state index is 0.0460. The van der Waals surface area contributed by atoms with Gasteiger partial charge in [0, 0.05) is 12.0 Å². The van der Waals surface area contributed by atoms with Gasteiger partial charge >= 0.3 is 5.97 Å². The van der Waals surface area contributed by atoms with Crippen LogP contribution in [0.15, 0.2) is 18.2 Å². The molecule has 92 valence electrons. The number of rotatable bonds is 2. The summed E-state index contributed by atoms with van der Waals surface area (Å²) in [5.41, 5.74) is 7.21. The lowest BCUT2D eigenvalue weighted by molar-refractivity contribution is 0.0597. The lowest BCUT2D eigenvalue weighted by Crippen LogP contribution is -2.06. The number of aromatic hydroxyl groups is 1. The summed E-state index contributed by atoms with van der Waals surface area (Å²) in [5.74, 6) is -0.365. The Morgan fingerprint density at radius 2 is 2.06 bits per heavy atom. The predicted molar refractivity (Wildman–Crippen MR) is 63.9 cm³/mol. The second kappa shape index (κ2) is 3.74. The molecule has 1 saturated carbocycles. The van der Waals surface area contributed by atoms with E-state index in [1.807, 2.05) is 0 Å². The minimum Gasteiger partial charge on any atom is -0.507 e. The number of hydrogen-bond donors (Lipinski definition) is 2. The SMILES string of the molecule is COC(=O)c1cc([C@H]2[C@H](N)C2(C)C)ccc1O. The van der Waals surface area contributed by atoms with Crippen LogP contribution in [0.3, 0.4) is 0 Å². The normalized spacial score (nSPS) is 25.4. The maximum atomic E-state index is 11.5. The summed E-state index contributed by atoms with van der Waals surface area (Å²) in [5, 5.41) is 9.60. The van der Waals surface area contributed by atoms with Gasteiger partial charge in [-0.2, -0.15) is 0 Å². The molecular weight excluding hydrogens is 218 g/mol. The largest absolute Gasteiger partial charge is 0.507 e. The highest BCUT2D eigenvalue weighted by molar-refractivity contribution is 5.92. The molecule has 1 fully saturated rings. The van der Waals surface area contributed by atoms with Crippen molar-refractivity contribution in [2.75, 3.05) is 7.11 Å². The zero-order valence-electron chi connectivity index (χ0n) is 10.2. The average Bonchev–Trinajstić information content (AvgIpc) is 2.78. The first-order valence-electron chi connectivity index (χ1n) is 5.56. The van der Waals surface area contributed by atoms with Crippen LogP contribution in [-0.2, 0) is 4.74 Å². The maximum Gasteiger partial charge on any atom is 0.341 e. The molecule has 4 heteroatoms. The molecule has 1 aliphatic rings. The van der Waals surface area contributed by atoms with Gasteiger partial charge in [-0.1, -0.05) is 19.9 Å². The standard InChI is InChI=1S/C13H17NO3/c1-13(2)10(11(13)14)7-4-5-9(15)8(6-7)12(16)17-3/h4-6,10-11,15H,14H2,1-3H3/t10-,11-/m0/s1. The highest BCUT2D eigenvalue weighted by Crippen LogP contribution is 2.57. The van der Waals surface area contributed by atoms with E-state index in [2.05, 4.69) is 18.6 Å². The van der Waals surface area contributed by atoms with Crippen LogP contribution < -0.4 is 5.73 Å². The fourth-order valence-corrected chi connectivity index (χ4v) is 2.34. The second-order valence-corrected chi connectivity index (χ2v) is 5.09. The van der Waals surface area contributed by atoms with E-state index in [0.29, 0.717) is 0 Å². The van der Waals surface area contributed by atoms with Crippen molar-refractivity contribution in [2.24, 2.45) is 11.1 Å². The molecular formula is C13H17NO3. The van der Waals surface area contributed by atoms with Crippen LogP contribution >= 0.6 is 0 Å². The zero-order valence-corrected chi connectivity index (χ0v) is 10.2. The van der Waals surface area contributed by atoms with Gasteiger partial charge in [0.1, 0.15) is 11.3 Å². The van der Waals surface area contributed by atoms with Crippen LogP contribution in [0.4, 0.5) is 0 Å². The minimum atomic E-state index is -0.531. The molecule has 2 atom stereocenters. The van der Waals surface area contributed by atoms with Gasteiger partial charge in [-0.3, -0.25) is 0 Å². The number of phenols is 1. The van der Waals surface area contributed by atoms with Crippen molar-refractivity contribution in [1.82, 2.24) is 0 Å². The Balaban J connectivity index is 2.36. The zero-order chi connectivity index (χ0) is 12.8. The lowest BCUT2D eigenvalue weighted by atomic mass is 10.0. The molecule has 0 heterocycles. The summed E-state index contributed by atoms with van der Waals surface area (Å²) in [6.45, 7) is 4.18. The van der Waals surface area contributed by atoms with Crippen LogP contribution in [0.25, 0.3) is 0 Å². The molecule has 0 bridgehead atoms. The summed E-state index contributed by atoms with van der Waals surface area (Å²) in [6.07, 6.45) is 0. The quantitative estimate of drug-likeness (QED) is 0.764. The average molecular weight is 235 g/mol. The molecule has 0 amide bonds. The number of phenolic OH excluding ortho intramolecular Hbond substituents is 1. The molecule has 17 heavy (non-hydrogen) atoms. The van der Waals surface area contributed by atoms with E-state index >= 15 is 0 Å².